The third-order valence-electron chi connectivity index (χ3n) is 5.24. The Kier molecular flexibility index (Phi) is 7.97. The van der Waals surface area contributed by atoms with Crippen LogP contribution in [0.15, 0.2) is 18.2 Å². The van der Waals surface area contributed by atoms with Gasteiger partial charge in [0.2, 0.25) is 0 Å². The summed E-state index contributed by atoms with van der Waals surface area (Å²) in [6.45, 7) is 11.3. The zero-order valence-corrected chi connectivity index (χ0v) is 19.9. The van der Waals surface area contributed by atoms with Crippen molar-refractivity contribution in [3.63, 3.8) is 0 Å². The number of likely N-dealkylation sites (tertiary alicyclic amines) is 1. The van der Waals surface area contributed by atoms with Gasteiger partial charge in [0.25, 0.3) is 5.92 Å². The second-order valence-electron chi connectivity index (χ2n) is 10.0. The molecule has 0 atom stereocenters. The molecule has 1 aliphatic heterocycles. The fraction of sp³-hybridized carbons (Fsp3) is 0.667. The molecule has 32 heavy (non-hydrogen) atoms. The van der Waals surface area contributed by atoms with Crippen molar-refractivity contribution in [3.05, 3.63) is 23.8 Å². The van der Waals surface area contributed by atoms with Crippen molar-refractivity contribution in [1.82, 2.24) is 4.90 Å². The lowest BCUT2D eigenvalue weighted by Gasteiger charge is -2.33. The molecule has 1 heterocycles. The predicted octanol–water partition coefficient (Wildman–Crippen LogP) is 5.93. The summed E-state index contributed by atoms with van der Waals surface area (Å²) in [4.78, 5) is 13.9. The van der Waals surface area contributed by atoms with E-state index in [0.29, 0.717) is 31.3 Å². The molecule has 0 radical (unpaired) electrons. The highest BCUT2D eigenvalue weighted by atomic mass is 19.3. The summed E-state index contributed by atoms with van der Waals surface area (Å²) in [6, 6.07) is 6.60. The molecule has 2 rings (SSSR count). The Morgan fingerprint density at radius 2 is 1.81 bits per heavy atom. The number of ether oxygens (including phenoxy) is 2. The average molecular weight is 452 g/mol. The minimum atomic E-state index is -3.08. The highest BCUT2D eigenvalue weighted by Gasteiger charge is 2.30. The molecule has 8 heteroatoms. The van der Waals surface area contributed by atoms with Gasteiger partial charge in [-0.2, -0.15) is 5.26 Å². The van der Waals surface area contributed by atoms with Crippen LogP contribution in [0.4, 0.5) is 19.3 Å². The van der Waals surface area contributed by atoms with E-state index in [1.807, 2.05) is 20.8 Å². The Morgan fingerprint density at radius 1 is 1.19 bits per heavy atom. The van der Waals surface area contributed by atoms with Crippen molar-refractivity contribution in [2.45, 2.75) is 77.9 Å². The first-order valence-electron chi connectivity index (χ1n) is 11.0. The number of halogens is 2. The summed E-state index contributed by atoms with van der Waals surface area (Å²) in [5.41, 5.74) is -1.17. The number of piperidine rings is 1. The van der Waals surface area contributed by atoms with Crippen molar-refractivity contribution in [2.24, 2.45) is 5.92 Å². The van der Waals surface area contributed by atoms with Gasteiger partial charge in [0.1, 0.15) is 16.9 Å². The van der Waals surface area contributed by atoms with E-state index in [1.165, 1.54) is 12.1 Å². The molecule has 1 amide bonds. The molecule has 1 saturated heterocycles. The van der Waals surface area contributed by atoms with Crippen LogP contribution in [0, 0.1) is 17.2 Å². The van der Waals surface area contributed by atoms with E-state index >= 15 is 0 Å². The summed E-state index contributed by atoms with van der Waals surface area (Å²) in [5.74, 6) is -2.58. The van der Waals surface area contributed by atoms with Crippen molar-refractivity contribution in [3.8, 4) is 11.8 Å². The van der Waals surface area contributed by atoms with Crippen molar-refractivity contribution >= 4 is 11.8 Å². The second kappa shape index (κ2) is 9.93. The number of hydrogen-bond donors (Lipinski definition) is 1. The number of nitrogens with zero attached hydrogens (tertiary/aromatic N) is 2. The molecule has 0 aliphatic carbocycles. The Bertz CT molecular complexity index is 830. The molecule has 178 valence electrons. The lowest BCUT2D eigenvalue weighted by molar-refractivity contribution is 0.0142. The largest absolute Gasteiger partial charge is 0.493 e. The Morgan fingerprint density at radius 3 is 2.34 bits per heavy atom. The van der Waals surface area contributed by atoms with E-state index in [9.17, 15) is 13.6 Å². The van der Waals surface area contributed by atoms with Crippen LogP contribution >= 0.6 is 0 Å². The normalized spacial score (nSPS) is 15.8. The van der Waals surface area contributed by atoms with Gasteiger partial charge in [-0.25, -0.2) is 13.6 Å². The maximum atomic E-state index is 14.2. The first-order chi connectivity index (χ1) is 14.7. The van der Waals surface area contributed by atoms with Gasteiger partial charge in [0.05, 0.1) is 18.2 Å². The molecule has 1 aromatic carbocycles. The molecule has 1 aliphatic rings. The zero-order chi connectivity index (χ0) is 24.2. The average Bonchev–Trinajstić information content (AvgIpc) is 2.67. The minimum Gasteiger partial charge on any atom is -0.493 e. The SMILES string of the molecule is CC(C)(C#N)Nc1ccc(OCCC2CCN(C(=O)OC(C)(C)C)CC2)c(C(C)(F)F)c1. The number of carbonyl (C=O) groups excluding carboxylic acids is 1. The van der Waals surface area contributed by atoms with E-state index in [4.69, 9.17) is 14.7 Å². The lowest BCUT2D eigenvalue weighted by Crippen LogP contribution is -2.41. The summed E-state index contributed by atoms with van der Waals surface area (Å²) >= 11 is 0. The number of carbonyl (C=O) groups is 1. The Labute approximate surface area is 189 Å². The van der Waals surface area contributed by atoms with Crippen LogP contribution in [0.2, 0.25) is 0 Å². The molecule has 0 saturated carbocycles. The van der Waals surface area contributed by atoms with Gasteiger partial charge in [-0.05, 0) is 78.0 Å². The second-order valence-corrected chi connectivity index (χ2v) is 10.0. The fourth-order valence-corrected chi connectivity index (χ4v) is 3.53. The van der Waals surface area contributed by atoms with Gasteiger partial charge in [-0.15, -0.1) is 0 Å². The Hall–Kier alpha value is -2.56. The van der Waals surface area contributed by atoms with E-state index in [0.717, 1.165) is 26.2 Å². The maximum Gasteiger partial charge on any atom is 0.410 e. The monoisotopic (exact) mass is 451 g/mol. The van der Waals surface area contributed by atoms with Crippen LogP contribution < -0.4 is 10.1 Å². The van der Waals surface area contributed by atoms with Crippen LogP contribution in [0.25, 0.3) is 0 Å². The van der Waals surface area contributed by atoms with Crippen molar-refractivity contribution in [1.29, 1.82) is 5.26 Å². The first-order valence-corrected chi connectivity index (χ1v) is 11.0. The fourth-order valence-electron chi connectivity index (χ4n) is 3.53. The number of anilines is 1. The molecule has 0 unspecified atom stereocenters. The molecule has 0 aromatic heterocycles. The number of rotatable bonds is 7. The van der Waals surface area contributed by atoms with E-state index in [-0.39, 0.29) is 17.4 Å². The van der Waals surface area contributed by atoms with Gasteiger partial charge in [0.15, 0.2) is 0 Å². The molecule has 1 aromatic rings. The first kappa shape index (κ1) is 25.7. The number of amides is 1. The Balaban J connectivity index is 1.91. The highest BCUT2D eigenvalue weighted by molar-refractivity contribution is 5.68. The molecule has 0 bridgehead atoms. The molecule has 1 fully saturated rings. The van der Waals surface area contributed by atoms with Gasteiger partial charge in [0, 0.05) is 25.7 Å². The summed E-state index contributed by atoms with van der Waals surface area (Å²) in [6.07, 6.45) is 2.07. The summed E-state index contributed by atoms with van der Waals surface area (Å²) < 4.78 is 39.6. The van der Waals surface area contributed by atoms with E-state index in [2.05, 4.69) is 11.4 Å². The van der Waals surface area contributed by atoms with Gasteiger partial charge in [-0.1, -0.05) is 0 Å². The minimum absolute atomic E-state index is 0.143. The highest BCUT2D eigenvalue weighted by Crippen LogP contribution is 2.37. The van der Waals surface area contributed by atoms with Crippen LogP contribution in [-0.2, 0) is 10.7 Å². The van der Waals surface area contributed by atoms with Crippen LogP contribution in [0.5, 0.6) is 5.75 Å². The van der Waals surface area contributed by atoms with Crippen LogP contribution in [0.1, 0.15) is 66.4 Å². The number of alkyl halides is 2. The molecular formula is C24H35F2N3O3. The smallest absolute Gasteiger partial charge is 0.410 e. The lowest BCUT2D eigenvalue weighted by atomic mass is 9.94. The third kappa shape index (κ3) is 7.85. The quantitative estimate of drug-likeness (QED) is 0.556. The summed E-state index contributed by atoms with van der Waals surface area (Å²) in [5, 5.41) is 12.1. The third-order valence-corrected chi connectivity index (χ3v) is 5.24. The van der Waals surface area contributed by atoms with Crippen LogP contribution in [-0.4, -0.2) is 41.8 Å². The van der Waals surface area contributed by atoms with Gasteiger partial charge >= 0.3 is 6.09 Å². The van der Waals surface area contributed by atoms with Crippen LogP contribution in [0.3, 0.4) is 0 Å². The molecule has 0 spiro atoms. The van der Waals surface area contributed by atoms with Gasteiger partial charge < -0.3 is 19.7 Å². The number of benzene rings is 1. The van der Waals surface area contributed by atoms with Crippen molar-refractivity contribution < 1.29 is 23.0 Å². The maximum absolute atomic E-state index is 14.2. The number of hydrogen-bond acceptors (Lipinski definition) is 5. The predicted molar refractivity (Wildman–Crippen MR) is 120 cm³/mol. The van der Waals surface area contributed by atoms with Crippen molar-refractivity contribution in [2.75, 3.05) is 25.0 Å². The number of nitriles is 1. The molecule has 1 N–H and O–H groups in total. The summed E-state index contributed by atoms with van der Waals surface area (Å²) in [7, 11) is 0. The molecule has 6 nitrogen and oxygen atoms in total. The zero-order valence-electron chi connectivity index (χ0n) is 19.9. The van der Waals surface area contributed by atoms with Gasteiger partial charge in [-0.3, -0.25) is 0 Å². The topological polar surface area (TPSA) is 74.6 Å². The number of nitrogens with one attached hydrogen (secondary N) is 1. The molecular weight excluding hydrogens is 416 g/mol. The standard InChI is InChI=1S/C24H35F2N3O3/c1-22(2,3)32-21(30)29-12-9-17(10-13-29)11-14-31-20-8-7-18(28-23(4,5)16-27)15-19(20)24(6,25)26/h7-8,15,17,28H,9-14H2,1-6H3. The van der Waals surface area contributed by atoms with E-state index in [1.54, 1.807) is 24.8 Å². The van der Waals surface area contributed by atoms with E-state index < -0.39 is 17.1 Å².